The number of methoxy groups -OCH3 is 1. The van der Waals surface area contributed by atoms with Crippen molar-refractivity contribution in [3.8, 4) is 0 Å². The minimum absolute atomic E-state index is 0.144. The maximum Gasteiger partial charge on any atom is 0.0713 e. The summed E-state index contributed by atoms with van der Waals surface area (Å²) in [5.74, 6) is 0. The molecule has 0 heterocycles. The Labute approximate surface area is 110 Å². The van der Waals surface area contributed by atoms with Crippen LogP contribution in [0.15, 0.2) is 24.3 Å². The SMILES string of the molecule is COCc1ccc(CNCC(C)(C)CCO)cc1. The van der Waals surface area contributed by atoms with Gasteiger partial charge in [0.1, 0.15) is 0 Å². The lowest BCUT2D eigenvalue weighted by Crippen LogP contribution is -2.29. The van der Waals surface area contributed by atoms with Crippen molar-refractivity contribution in [2.45, 2.75) is 33.4 Å². The van der Waals surface area contributed by atoms with Crippen molar-refractivity contribution in [1.29, 1.82) is 0 Å². The van der Waals surface area contributed by atoms with E-state index < -0.39 is 0 Å². The number of ether oxygens (including phenoxy) is 1. The van der Waals surface area contributed by atoms with Crippen LogP contribution in [0.4, 0.5) is 0 Å². The lowest BCUT2D eigenvalue weighted by molar-refractivity contribution is 0.185. The van der Waals surface area contributed by atoms with Gasteiger partial charge in [0.2, 0.25) is 0 Å². The molecule has 18 heavy (non-hydrogen) atoms. The van der Waals surface area contributed by atoms with Crippen molar-refractivity contribution in [3.05, 3.63) is 35.4 Å². The fourth-order valence-electron chi connectivity index (χ4n) is 1.86. The molecule has 0 atom stereocenters. The van der Waals surface area contributed by atoms with E-state index in [2.05, 4.69) is 43.4 Å². The molecule has 1 rings (SSSR count). The second kappa shape index (κ2) is 7.52. The van der Waals surface area contributed by atoms with Crippen LogP contribution in [0.1, 0.15) is 31.4 Å². The average molecular weight is 251 g/mol. The van der Waals surface area contributed by atoms with Gasteiger partial charge in [-0.15, -0.1) is 0 Å². The van der Waals surface area contributed by atoms with E-state index in [9.17, 15) is 0 Å². The maximum absolute atomic E-state index is 8.96. The number of benzene rings is 1. The van der Waals surface area contributed by atoms with E-state index in [0.717, 1.165) is 19.5 Å². The number of aliphatic hydroxyl groups is 1. The Hall–Kier alpha value is -0.900. The highest BCUT2D eigenvalue weighted by molar-refractivity contribution is 5.21. The van der Waals surface area contributed by atoms with Crippen LogP contribution in [0.5, 0.6) is 0 Å². The smallest absolute Gasteiger partial charge is 0.0713 e. The molecule has 0 aliphatic heterocycles. The minimum atomic E-state index is 0.144. The van der Waals surface area contributed by atoms with Gasteiger partial charge in [-0.25, -0.2) is 0 Å². The molecule has 1 aromatic carbocycles. The third-order valence-corrected chi connectivity index (χ3v) is 3.06. The molecular formula is C15H25NO2. The zero-order chi connectivity index (χ0) is 13.4. The Bertz CT molecular complexity index is 333. The molecule has 0 radical (unpaired) electrons. The monoisotopic (exact) mass is 251 g/mol. The molecule has 3 nitrogen and oxygen atoms in total. The van der Waals surface area contributed by atoms with E-state index >= 15 is 0 Å². The van der Waals surface area contributed by atoms with Gasteiger partial charge in [-0.3, -0.25) is 0 Å². The van der Waals surface area contributed by atoms with Crippen molar-refractivity contribution < 1.29 is 9.84 Å². The van der Waals surface area contributed by atoms with Crippen LogP contribution in [0.2, 0.25) is 0 Å². The summed E-state index contributed by atoms with van der Waals surface area (Å²) >= 11 is 0. The molecule has 1 aromatic rings. The first-order chi connectivity index (χ1) is 8.57. The number of nitrogens with one attached hydrogen (secondary N) is 1. The van der Waals surface area contributed by atoms with E-state index in [0.29, 0.717) is 6.61 Å². The van der Waals surface area contributed by atoms with Crippen molar-refractivity contribution in [2.75, 3.05) is 20.3 Å². The van der Waals surface area contributed by atoms with E-state index in [1.165, 1.54) is 11.1 Å². The van der Waals surface area contributed by atoms with E-state index in [1.54, 1.807) is 7.11 Å². The standard InChI is InChI=1S/C15H25NO2/c1-15(2,8-9-17)12-16-10-13-4-6-14(7-5-13)11-18-3/h4-7,16-17H,8-12H2,1-3H3. The van der Waals surface area contributed by atoms with Crippen molar-refractivity contribution in [1.82, 2.24) is 5.32 Å². The fraction of sp³-hybridized carbons (Fsp3) is 0.600. The molecule has 0 amide bonds. The summed E-state index contributed by atoms with van der Waals surface area (Å²) in [4.78, 5) is 0. The topological polar surface area (TPSA) is 41.5 Å². The second-order valence-electron chi connectivity index (χ2n) is 5.49. The summed E-state index contributed by atoms with van der Waals surface area (Å²) in [5.41, 5.74) is 2.61. The van der Waals surface area contributed by atoms with Gasteiger partial charge in [0.15, 0.2) is 0 Å². The predicted molar refractivity (Wildman–Crippen MR) is 74.3 cm³/mol. The third kappa shape index (κ3) is 5.63. The molecule has 0 bridgehead atoms. The van der Waals surface area contributed by atoms with Gasteiger partial charge >= 0.3 is 0 Å². The summed E-state index contributed by atoms with van der Waals surface area (Å²) in [6.45, 7) is 7.02. The van der Waals surface area contributed by atoms with Gasteiger partial charge < -0.3 is 15.2 Å². The van der Waals surface area contributed by atoms with E-state index in [4.69, 9.17) is 9.84 Å². The van der Waals surface area contributed by atoms with Crippen LogP contribution in [0, 0.1) is 5.41 Å². The van der Waals surface area contributed by atoms with Crippen LogP contribution >= 0.6 is 0 Å². The molecule has 0 fully saturated rings. The summed E-state index contributed by atoms with van der Waals surface area (Å²) in [5, 5.41) is 12.4. The quantitative estimate of drug-likeness (QED) is 0.745. The molecule has 0 saturated heterocycles. The fourth-order valence-corrected chi connectivity index (χ4v) is 1.86. The highest BCUT2D eigenvalue weighted by Crippen LogP contribution is 2.18. The molecule has 102 valence electrons. The van der Waals surface area contributed by atoms with Gasteiger partial charge in [0.05, 0.1) is 6.61 Å². The Morgan fingerprint density at radius 3 is 2.33 bits per heavy atom. The van der Waals surface area contributed by atoms with Gasteiger partial charge in [-0.2, -0.15) is 0 Å². The van der Waals surface area contributed by atoms with E-state index in [1.807, 2.05) is 0 Å². The maximum atomic E-state index is 8.96. The summed E-state index contributed by atoms with van der Waals surface area (Å²) in [7, 11) is 1.71. The molecule has 0 aromatic heterocycles. The first kappa shape index (κ1) is 15.2. The van der Waals surface area contributed by atoms with Crippen LogP contribution in [-0.2, 0) is 17.9 Å². The normalized spacial score (nSPS) is 11.8. The Kier molecular flexibility index (Phi) is 6.33. The summed E-state index contributed by atoms with van der Waals surface area (Å²) in [6, 6.07) is 8.44. The Balaban J connectivity index is 2.35. The van der Waals surface area contributed by atoms with Gasteiger partial charge in [-0.1, -0.05) is 38.1 Å². The first-order valence-electron chi connectivity index (χ1n) is 6.46. The van der Waals surface area contributed by atoms with Crippen LogP contribution in [0.25, 0.3) is 0 Å². The molecule has 2 N–H and O–H groups in total. The van der Waals surface area contributed by atoms with Crippen LogP contribution in [0.3, 0.4) is 0 Å². The van der Waals surface area contributed by atoms with Crippen molar-refractivity contribution in [2.24, 2.45) is 5.41 Å². The number of aliphatic hydroxyl groups excluding tert-OH is 1. The average Bonchev–Trinajstić information content (AvgIpc) is 2.31. The molecule has 0 unspecified atom stereocenters. The molecule has 0 aliphatic carbocycles. The molecular weight excluding hydrogens is 226 g/mol. The van der Waals surface area contributed by atoms with Crippen molar-refractivity contribution >= 4 is 0 Å². The Morgan fingerprint density at radius 2 is 1.78 bits per heavy atom. The van der Waals surface area contributed by atoms with Crippen molar-refractivity contribution in [3.63, 3.8) is 0 Å². The minimum Gasteiger partial charge on any atom is -0.396 e. The van der Waals surface area contributed by atoms with Gasteiger partial charge in [0, 0.05) is 26.8 Å². The number of rotatable bonds is 8. The lowest BCUT2D eigenvalue weighted by Gasteiger charge is -2.24. The third-order valence-electron chi connectivity index (χ3n) is 3.06. The van der Waals surface area contributed by atoms with Gasteiger partial charge in [0.25, 0.3) is 0 Å². The second-order valence-corrected chi connectivity index (χ2v) is 5.49. The molecule has 0 aliphatic rings. The van der Waals surface area contributed by atoms with Crippen LogP contribution in [-0.4, -0.2) is 25.4 Å². The first-order valence-corrected chi connectivity index (χ1v) is 6.46. The predicted octanol–water partition coefficient (Wildman–Crippen LogP) is 2.33. The summed E-state index contributed by atoms with van der Waals surface area (Å²) < 4.78 is 5.08. The molecule has 3 heteroatoms. The van der Waals surface area contributed by atoms with Crippen LogP contribution < -0.4 is 5.32 Å². The number of hydrogen-bond acceptors (Lipinski definition) is 3. The Morgan fingerprint density at radius 1 is 1.17 bits per heavy atom. The largest absolute Gasteiger partial charge is 0.396 e. The van der Waals surface area contributed by atoms with Gasteiger partial charge in [-0.05, 0) is 23.0 Å². The zero-order valence-corrected chi connectivity index (χ0v) is 11.7. The summed E-state index contributed by atoms with van der Waals surface area (Å²) in [6.07, 6.45) is 0.826. The zero-order valence-electron chi connectivity index (χ0n) is 11.7. The lowest BCUT2D eigenvalue weighted by atomic mass is 9.90. The van der Waals surface area contributed by atoms with E-state index in [-0.39, 0.29) is 12.0 Å². The highest BCUT2D eigenvalue weighted by Gasteiger charge is 2.15. The highest BCUT2D eigenvalue weighted by atomic mass is 16.5. The number of hydrogen-bond donors (Lipinski definition) is 2. The molecule has 0 saturated carbocycles. The molecule has 0 spiro atoms.